The molecule has 0 saturated carbocycles. The third-order valence-corrected chi connectivity index (χ3v) is 2.50. The van der Waals surface area contributed by atoms with Gasteiger partial charge in [-0.05, 0) is 24.1 Å². The Balaban J connectivity index is 2.49. The van der Waals surface area contributed by atoms with E-state index in [1.165, 1.54) is 7.11 Å². The smallest absolute Gasteiger partial charge is 0.463 e. The van der Waals surface area contributed by atoms with Gasteiger partial charge in [0.2, 0.25) is 0 Å². The van der Waals surface area contributed by atoms with E-state index < -0.39 is 18.0 Å². The van der Waals surface area contributed by atoms with Crippen LogP contribution in [0.15, 0.2) is 24.3 Å². The number of benzene rings is 1. The molecule has 0 aliphatic carbocycles. The summed E-state index contributed by atoms with van der Waals surface area (Å²) in [7, 11) is 1.47. The maximum absolute atomic E-state index is 12.6. The van der Waals surface area contributed by atoms with E-state index in [1.807, 2.05) is 0 Å². The SMILES string of the molecule is COc1ccc(CCNC(=O)C(F)(F)C(F)(F)F)cc1. The molecule has 0 fully saturated rings. The molecule has 8 heteroatoms. The highest BCUT2D eigenvalue weighted by Gasteiger charge is 2.63. The minimum absolute atomic E-state index is 0.129. The Hall–Kier alpha value is -1.86. The molecule has 0 atom stereocenters. The Labute approximate surface area is 111 Å². The number of hydrogen-bond donors (Lipinski definition) is 1. The van der Waals surface area contributed by atoms with E-state index in [4.69, 9.17) is 4.74 Å². The lowest BCUT2D eigenvalue weighted by Crippen LogP contribution is -2.50. The number of ether oxygens (including phenoxy) is 1. The predicted molar refractivity (Wildman–Crippen MR) is 60.7 cm³/mol. The number of amides is 1. The molecule has 1 aromatic rings. The van der Waals surface area contributed by atoms with Crippen molar-refractivity contribution >= 4 is 5.91 Å². The molecule has 20 heavy (non-hydrogen) atoms. The lowest BCUT2D eigenvalue weighted by atomic mass is 10.1. The maximum Gasteiger partial charge on any atom is 0.463 e. The van der Waals surface area contributed by atoms with Gasteiger partial charge in [0, 0.05) is 6.54 Å². The molecule has 1 rings (SSSR count). The minimum atomic E-state index is -5.89. The van der Waals surface area contributed by atoms with Gasteiger partial charge in [-0.15, -0.1) is 0 Å². The summed E-state index contributed by atoms with van der Waals surface area (Å²) >= 11 is 0. The van der Waals surface area contributed by atoms with Crippen LogP contribution in [0.5, 0.6) is 5.75 Å². The third kappa shape index (κ3) is 3.82. The molecular formula is C12H12F5NO2. The summed E-state index contributed by atoms with van der Waals surface area (Å²) in [6.45, 7) is -0.323. The Kier molecular flexibility index (Phi) is 4.91. The van der Waals surface area contributed by atoms with Gasteiger partial charge in [0.05, 0.1) is 7.11 Å². The van der Waals surface area contributed by atoms with Gasteiger partial charge in [-0.1, -0.05) is 12.1 Å². The zero-order chi connectivity index (χ0) is 15.4. The zero-order valence-corrected chi connectivity index (χ0v) is 10.4. The average Bonchev–Trinajstić information content (AvgIpc) is 2.38. The number of halogens is 5. The van der Waals surface area contributed by atoms with Crippen LogP contribution in [-0.4, -0.2) is 31.7 Å². The second-order valence-electron chi connectivity index (χ2n) is 3.93. The number of nitrogens with one attached hydrogen (secondary N) is 1. The van der Waals surface area contributed by atoms with Crippen LogP contribution in [0.3, 0.4) is 0 Å². The van der Waals surface area contributed by atoms with Crippen LogP contribution in [0.2, 0.25) is 0 Å². The number of carbonyl (C=O) groups is 1. The molecule has 0 aromatic heterocycles. The molecule has 1 amide bonds. The lowest BCUT2D eigenvalue weighted by Gasteiger charge is -2.18. The van der Waals surface area contributed by atoms with Crippen LogP contribution in [0.4, 0.5) is 22.0 Å². The second-order valence-corrected chi connectivity index (χ2v) is 3.93. The number of methoxy groups -OCH3 is 1. The van der Waals surface area contributed by atoms with Gasteiger partial charge >= 0.3 is 12.1 Å². The monoisotopic (exact) mass is 297 g/mol. The van der Waals surface area contributed by atoms with Gasteiger partial charge < -0.3 is 10.1 Å². The van der Waals surface area contributed by atoms with Crippen LogP contribution in [0.1, 0.15) is 5.56 Å². The number of alkyl halides is 5. The predicted octanol–water partition coefficient (Wildman–Crippen LogP) is 2.55. The van der Waals surface area contributed by atoms with E-state index in [0.717, 1.165) is 0 Å². The lowest BCUT2D eigenvalue weighted by molar-refractivity contribution is -0.269. The fourth-order valence-corrected chi connectivity index (χ4v) is 1.35. The van der Waals surface area contributed by atoms with E-state index in [-0.39, 0.29) is 13.0 Å². The van der Waals surface area contributed by atoms with E-state index >= 15 is 0 Å². The number of carbonyl (C=O) groups excluding carboxylic acids is 1. The molecule has 112 valence electrons. The second kappa shape index (κ2) is 6.06. The van der Waals surface area contributed by atoms with Crippen molar-refractivity contribution in [3.05, 3.63) is 29.8 Å². The maximum atomic E-state index is 12.6. The molecule has 1 aromatic carbocycles. The molecule has 3 nitrogen and oxygen atoms in total. The summed E-state index contributed by atoms with van der Waals surface area (Å²) in [6, 6.07) is 6.46. The van der Waals surface area contributed by atoms with E-state index in [9.17, 15) is 26.7 Å². The third-order valence-electron chi connectivity index (χ3n) is 2.50. The summed E-state index contributed by atoms with van der Waals surface area (Å²) < 4.78 is 65.8. The van der Waals surface area contributed by atoms with Crippen molar-refractivity contribution < 1.29 is 31.5 Å². The fourth-order valence-electron chi connectivity index (χ4n) is 1.35. The molecule has 0 unspecified atom stereocenters. The fraction of sp³-hybridized carbons (Fsp3) is 0.417. The van der Waals surface area contributed by atoms with Crippen LogP contribution in [0.25, 0.3) is 0 Å². The van der Waals surface area contributed by atoms with Crippen LogP contribution >= 0.6 is 0 Å². The van der Waals surface area contributed by atoms with Crippen molar-refractivity contribution in [3.63, 3.8) is 0 Å². The minimum Gasteiger partial charge on any atom is -0.497 e. The molecule has 0 aliphatic heterocycles. The summed E-state index contributed by atoms with van der Waals surface area (Å²) in [5, 5.41) is 1.57. The molecule has 0 bridgehead atoms. The van der Waals surface area contributed by atoms with Gasteiger partial charge in [-0.25, -0.2) is 0 Å². The van der Waals surface area contributed by atoms with E-state index in [1.54, 1.807) is 29.6 Å². The first-order valence-corrected chi connectivity index (χ1v) is 5.54. The topological polar surface area (TPSA) is 38.3 Å². The summed E-state index contributed by atoms with van der Waals surface area (Å²) in [5.74, 6) is -7.15. The first-order chi connectivity index (χ1) is 9.18. The van der Waals surface area contributed by atoms with Crippen molar-refractivity contribution in [1.29, 1.82) is 0 Å². The van der Waals surface area contributed by atoms with Crippen molar-refractivity contribution in [2.75, 3.05) is 13.7 Å². The summed E-state index contributed by atoms with van der Waals surface area (Å²) in [5.41, 5.74) is 0.668. The van der Waals surface area contributed by atoms with Crippen molar-refractivity contribution in [2.24, 2.45) is 0 Å². The van der Waals surface area contributed by atoms with Crippen LogP contribution in [-0.2, 0) is 11.2 Å². The molecule has 0 radical (unpaired) electrons. The highest BCUT2D eigenvalue weighted by atomic mass is 19.4. The van der Waals surface area contributed by atoms with Crippen LogP contribution in [0, 0.1) is 0 Å². The van der Waals surface area contributed by atoms with Gasteiger partial charge in [0.15, 0.2) is 0 Å². The van der Waals surface area contributed by atoms with Gasteiger partial charge in [0.25, 0.3) is 5.91 Å². The van der Waals surface area contributed by atoms with Gasteiger partial charge in [-0.2, -0.15) is 22.0 Å². The zero-order valence-electron chi connectivity index (χ0n) is 10.4. The number of hydrogen-bond acceptors (Lipinski definition) is 2. The van der Waals surface area contributed by atoms with E-state index in [0.29, 0.717) is 11.3 Å². The molecule has 1 N–H and O–H groups in total. The normalized spacial score (nSPS) is 12.1. The van der Waals surface area contributed by atoms with E-state index in [2.05, 4.69) is 0 Å². The quantitative estimate of drug-likeness (QED) is 0.848. The Morgan fingerprint density at radius 1 is 1.15 bits per heavy atom. The number of rotatable bonds is 5. The first kappa shape index (κ1) is 16.2. The summed E-state index contributed by atoms with van der Waals surface area (Å²) in [4.78, 5) is 10.8. The average molecular weight is 297 g/mol. The van der Waals surface area contributed by atoms with Crippen molar-refractivity contribution in [1.82, 2.24) is 5.32 Å². The van der Waals surface area contributed by atoms with Crippen molar-refractivity contribution in [2.45, 2.75) is 18.5 Å². The molecule has 0 spiro atoms. The molecule has 0 aliphatic rings. The Morgan fingerprint density at radius 3 is 2.15 bits per heavy atom. The Morgan fingerprint density at radius 2 is 1.70 bits per heavy atom. The van der Waals surface area contributed by atoms with Crippen LogP contribution < -0.4 is 10.1 Å². The van der Waals surface area contributed by atoms with Gasteiger partial charge in [-0.3, -0.25) is 4.79 Å². The largest absolute Gasteiger partial charge is 0.497 e. The molecule has 0 saturated heterocycles. The van der Waals surface area contributed by atoms with Gasteiger partial charge in [0.1, 0.15) is 5.75 Å². The molecule has 0 heterocycles. The highest BCUT2D eigenvalue weighted by Crippen LogP contribution is 2.35. The Bertz CT molecular complexity index is 456. The molecular weight excluding hydrogens is 285 g/mol. The highest BCUT2D eigenvalue weighted by molar-refractivity contribution is 5.84. The van der Waals surface area contributed by atoms with Crippen molar-refractivity contribution in [3.8, 4) is 5.75 Å². The first-order valence-electron chi connectivity index (χ1n) is 5.54. The summed E-state index contributed by atoms with van der Waals surface area (Å²) in [6.07, 6.45) is -5.76. The standard InChI is InChI=1S/C12H12F5NO2/c1-20-9-4-2-8(3-5-9)6-7-18-10(19)11(13,14)12(15,16)17/h2-5H,6-7H2,1H3,(H,18,19).